The van der Waals surface area contributed by atoms with Crippen LogP contribution in [0.15, 0.2) is 64.9 Å². The number of sulfonamides is 1. The largest absolute Gasteiger partial charge is 0.573 e. The maximum absolute atomic E-state index is 13.0. The quantitative estimate of drug-likeness (QED) is 0.470. The van der Waals surface area contributed by atoms with E-state index in [1.165, 1.54) is 24.3 Å². The number of thiophene rings is 1. The van der Waals surface area contributed by atoms with Gasteiger partial charge in [-0.1, -0.05) is 18.2 Å². The minimum atomic E-state index is -4.87. The van der Waals surface area contributed by atoms with Gasteiger partial charge in [0.2, 0.25) is 0 Å². The van der Waals surface area contributed by atoms with Gasteiger partial charge < -0.3 is 15.0 Å². The summed E-state index contributed by atoms with van der Waals surface area (Å²) in [5, 5.41) is 5.26. The van der Waals surface area contributed by atoms with Crippen LogP contribution in [0.25, 0.3) is 10.4 Å². The zero-order valence-electron chi connectivity index (χ0n) is 18.5. The Balaban J connectivity index is 1.62. The van der Waals surface area contributed by atoms with Crippen LogP contribution >= 0.6 is 11.3 Å². The number of nitrogens with one attached hydrogen (secondary N) is 2. The second-order valence-corrected chi connectivity index (χ2v) is 10.8. The molecule has 1 saturated heterocycles. The fraction of sp³-hybridized carbons (Fsp3) is 0.304. The summed E-state index contributed by atoms with van der Waals surface area (Å²) in [5.41, 5.74) is 1.21. The average molecular weight is 512 g/mol. The standard InChI is InChI=1S/C23H24F3N3O3S2/c1-15-13-29(14-16(2)27-15)20-12-18(7-10-21(20)32-23(24,25)26)28-34(30,31)19-8-5-17(6-9-19)22-4-3-11-33-22/h3-12,15-16,27-28H,13-14H2,1-2H3/t15-,16+. The fourth-order valence-corrected chi connectivity index (χ4v) is 5.80. The maximum atomic E-state index is 13.0. The number of alkyl halides is 3. The van der Waals surface area contributed by atoms with E-state index in [1.54, 1.807) is 28.4 Å². The summed E-state index contributed by atoms with van der Waals surface area (Å²) in [7, 11) is -3.96. The molecule has 2 heterocycles. The van der Waals surface area contributed by atoms with Crippen LogP contribution in [0.4, 0.5) is 24.5 Å². The fourth-order valence-electron chi connectivity index (χ4n) is 4.02. The molecule has 1 aromatic heterocycles. The van der Waals surface area contributed by atoms with Crippen molar-refractivity contribution in [3.05, 3.63) is 60.0 Å². The minimum absolute atomic E-state index is 0.0321. The molecule has 0 saturated carbocycles. The zero-order valence-corrected chi connectivity index (χ0v) is 20.1. The highest BCUT2D eigenvalue weighted by atomic mass is 32.2. The first-order chi connectivity index (χ1) is 16.0. The van der Waals surface area contributed by atoms with Crippen molar-refractivity contribution >= 4 is 32.7 Å². The van der Waals surface area contributed by atoms with E-state index in [2.05, 4.69) is 14.8 Å². The molecule has 0 spiro atoms. The molecule has 34 heavy (non-hydrogen) atoms. The van der Waals surface area contributed by atoms with E-state index in [0.29, 0.717) is 13.1 Å². The van der Waals surface area contributed by atoms with Crippen molar-refractivity contribution in [3.63, 3.8) is 0 Å². The van der Waals surface area contributed by atoms with Crippen LogP contribution in [0.1, 0.15) is 13.8 Å². The highest BCUT2D eigenvalue weighted by Gasteiger charge is 2.34. The summed E-state index contributed by atoms with van der Waals surface area (Å²) < 4.78 is 71.7. The summed E-state index contributed by atoms with van der Waals surface area (Å²) in [6, 6.07) is 14.1. The first-order valence-corrected chi connectivity index (χ1v) is 12.9. The van der Waals surface area contributed by atoms with E-state index in [9.17, 15) is 21.6 Å². The number of piperazine rings is 1. The molecule has 1 aliphatic heterocycles. The Bertz CT molecular complexity index is 1220. The Morgan fingerprint density at radius 2 is 1.74 bits per heavy atom. The highest BCUT2D eigenvalue weighted by molar-refractivity contribution is 7.92. The molecular weight excluding hydrogens is 487 g/mol. The Labute approximate surface area is 200 Å². The summed E-state index contributed by atoms with van der Waals surface area (Å²) in [6.45, 7) is 4.75. The van der Waals surface area contributed by atoms with Gasteiger partial charge in [0, 0.05) is 30.1 Å². The molecule has 0 aliphatic carbocycles. The molecule has 0 amide bonds. The summed E-state index contributed by atoms with van der Waals surface area (Å²) in [6.07, 6.45) is -4.87. The lowest BCUT2D eigenvalue weighted by molar-refractivity contribution is -0.274. The Morgan fingerprint density at radius 1 is 1.06 bits per heavy atom. The van der Waals surface area contributed by atoms with Gasteiger partial charge in [-0.15, -0.1) is 24.5 Å². The van der Waals surface area contributed by atoms with Crippen LogP contribution in [0, 0.1) is 0 Å². The Hall–Kier alpha value is -2.76. The van der Waals surface area contributed by atoms with Crippen LogP contribution in [0.2, 0.25) is 0 Å². The van der Waals surface area contributed by atoms with E-state index in [-0.39, 0.29) is 34.1 Å². The maximum Gasteiger partial charge on any atom is 0.573 e. The van der Waals surface area contributed by atoms with E-state index < -0.39 is 16.4 Å². The lowest BCUT2D eigenvalue weighted by Crippen LogP contribution is -2.54. The van der Waals surface area contributed by atoms with Crippen molar-refractivity contribution in [1.29, 1.82) is 0 Å². The first-order valence-electron chi connectivity index (χ1n) is 10.6. The monoisotopic (exact) mass is 511 g/mol. The van der Waals surface area contributed by atoms with Gasteiger partial charge in [0.25, 0.3) is 10.0 Å². The predicted octanol–water partition coefficient (Wildman–Crippen LogP) is 5.30. The molecule has 1 aliphatic rings. The van der Waals surface area contributed by atoms with Gasteiger partial charge in [-0.05, 0) is 61.2 Å². The van der Waals surface area contributed by atoms with Gasteiger partial charge in [0.15, 0.2) is 5.75 Å². The lowest BCUT2D eigenvalue weighted by Gasteiger charge is -2.38. The van der Waals surface area contributed by atoms with Crippen LogP contribution in [-0.4, -0.2) is 40.0 Å². The first kappa shape index (κ1) is 24.4. The third-order valence-corrected chi connectivity index (χ3v) is 7.62. The van der Waals surface area contributed by atoms with E-state index in [1.807, 2.05) is 31.4 Å². The number of nitrogens with zero attached hydrogens (tertiary/aromatic N) is 1. The summed E-state index contributed by atoms with van der Waals surface area (Å²) in [5.74, 6) is -0.378. The number of benzene rings is 2. The van der Waals surface area contributed by atoms with Crippen molar-refractivity contribution < 1.29 is 26.3 Å². The summed E-state index contributed by atoms with van der Waals surface area (Å²) in [4.78, 5) is 2.83. The van der Waals surface area contributed by atoms with E-state index >= 15 is 0 Å². The molecule has 2 aromatic carbocycles. The zero-order chi connectivity index (χ0) is 24.5. The molecular formula is C23H24F3N3O3S2. The van der Waals surface area contributed by atoms with Crippen LogP contribution in [0.3, 0.4) is 0 Å². The number of rotatable bonds is 6. The van der Waals surface area contributed by atoms with Crippen molar-refractivity contribution in [3.8, 4) is 16.2 Å². The van der Waals surface area contributed by atoms with Gasteiger partial charge in [0.1, 0.15) is 0 Å². The van der Waals surface area contributed by atoms with Crippen molar-refractivity contribution in [2.24, 2.45) is 0 Å². The topological polar surface area (TPSA) is 70.7 Å². The molecule has 6 nitrogen and oxygen atoms in total. The molecule has 0 unspecified atom stereocenters. The van der Waals surface area contributed by atoms with Crippen LogP contribution in [0.5, 0.6) is 5.75 Å². The number of ether oxygens (including phenoxy) is 1. The predicted molar refractivity (Wildman–Crippen MR) is 128 cm³/mol. The van der Waals surface area contributed by atoms with Gasteiger partial charge in [0.05, 0.1) is 16.3 Å². The molecule has 0 radical (unpaired) electrons. The van der Waals surface area contributed by atoms with Crippen molar-refractivity contribution in [2.75, 3.05) is 22.7 Å². The van der Waals surface area contributed by atoms with Crippen molar-refractivity contribution in [2.45, 2.75) is 37.2 Å². The average Bonchev–Trinajstić information content (AvgIpc) is 3.28. The molecule has 0 bridgehead atoms. The van der Waals surface area contributed by atoms with Gasteiger partial charge >= 0.3 is 6.36 Å². The summed E-state index contributed by atoms with van der Waals surface area (Å²) >= 11 is 1.55. The van der Waals surface area contributed by atoms with Crippen LogP contribution < -0.4 is 19.7 Å². The smallest absolute Gasteiger partial charge is 0.404 e. The molecule has 1 fully saturated rings. The van der Waals surface area contributed by atoms with Crippen LogP contribution in [-0.2, 0) is 10.0 Å². The Kier molecular flexibility index (Phi) is 6.79. The number of anilines is 2. The number of hydrogen-bond acceptors (Lipinski definition) is 6. The molecule has 2 atom stereocenters. The normalized spacial score (nSPS) is 19.1. The second kappa shape index (κ2) is 9.47. The molecule has 4 rings (SSSR count). The number of hydrogen-bond donors (Lipinski definition) is 2. The molecule has 11 heteroatoms. The van der Waals surface area contributed by atoms with Crippen molar-refractivity contribution in [1.82, 2.24) is 5.32 Å². The molecule has 2 N–H and O–H groups in total. The molecule has 3 aromatic rings. The van der Waals surface area contributed by atoms with Gasteiger partial charge in [-0.25, -0.2) is 8.42 Å². The third-order valence-electron chi connectivity index (χ3n) is 5.31. The van der Waals surface area contributed by atoms with E-state index in [4.69, 9.17) is 0 Å². The highest BCUT2D eigenvalue weighted by Crippen LogP contribution is 2.37. The number of halogens is 3. The molecule has 182 valence electrons. The Morgan fingerprint density at radius 3 is 2.32 bits per heavy atom. The second-order valence-electron chi connectivity index (χ2n) is 8.21. The lowest BCUT2D eigenvalue weighted by atomic mass is 10.1. The minimum Gasteiger partial charge on any atom is -0.404 e. The third kappa shape index (κ3) is 5.83. The van der Waals surface area contributed by atoms with Gasteiger partial charge in [-0.3, -0.25) is 4.72 Å². The SMILES string of the molecule is C[C@@H]1CN(c2cc(NS(=O)(=O)c3ccc(-c4cccs4)cc3)ccc2OC(F)(F)F)C[C@H](C)N1. The van der Waals surface area contributed by atoms with Gasteiger partial charge in [-0.2, -0.15) is 0 Å². The van der Waals surface area contributed by atoms with E-state index in [0.717, 1.165) is 16.5 Å².